The molecule has 1 saturated carbocycles. The van der Waals surface area contributed by atoms with E-state index in [2.05, 4.69) is 22.2 Å². The number of aldehydes is 1. The lowest BCUT2D eigenvalue weighted by atomic mass is 9.88. The minimum Gasteiger partial charge on any atom is -0.367 e. The molecule has 0 radical (unpaired) electrons. The number of aromatic nitrogens is 1. The maximum absolute atomic E-state index is 14.6. The largest absolute Gasteiger partial charge is 0.367 e. The number of likely N-dealkylation sites (N-methyl/N-ethyl adjacent to an activating group) is 1. The number of carbonyl (C=O) groups excluding carboxylic acids is 3. The Bertz CT molecular complexity index is 1360. The molecule has 4 fully saturated rings. The van der Waals surface area contributed by atoms with Crippen LogP contribution in [0.15, 0.2) is 41.8 Å². The Labute approximate surface area is 247 Å². The van der Waals surface area contributed by atoms with Gasteiger partial charge in [0.2, 0.25) is 0 Å². The molecule has 4 heterocycles. The number of carbonyl (C=O) groups is 3. The molecule has 12 heteroatoms. The highest BCUT2D eigenvalue weighted by molar-refractivity contribution is 7.14. The maximum Gasteiger partial charge on any atom is 0.253 e. The fourth-order valence-electron chi connectivity index (χ4n) is 6.91. The van der Waals surface area contributed by atoms with Crippen LogP contribution >= 0.6 is 11.3 Å². The van der Waals surface area contributed by atoms with Crippen LogP contribution in [0.3, 0.4) is 0 Å². The van der Waals surface area contributed by atoms with Crippen molar-refractivity contribution in [3.8, 4) is 11.3 Å². The molecule has 4 aliphatic rings. The lowest BCUT2D eigenvalue weighted by molar-refractivity contribution is -0.131. The quantitative estimate of drug-likeness (QED) is 0.462. The number of halogens is 2. The van der Waals surface area contributed by atoms with E-state index in [0.717, 1.165) is 55.4 Å². The Morgan fingerprint density at radius 2 is 1.88 bits per heavy atom. The van der Waals surface area contributed by atoms with Crippen LogP contribution in [0.4, 0.5) is 13.9 Å². The lowest BCUT2D eigenvalue weighted by Crippen LogP contribution is -2.68. The number of fused-ring (bicyclic) bond motifs is 1. The molecule has 4 atom stereocenters. The summed E-state index contributed by atoms with van der Waals surface area (Å²) < 4.78 is 33.4. The molecule has 3 saturated heterocycles. The molecule has 224 valence electrons. The third-order valence-corrected chi connectivity index (χ3v) is 10.2. The zero-order chi connectivity index (χ0) is 29.4. The Hall–Kier alpha value is -3.06. The van der Waals surface area contributed by atoms with E-state index in [1.807, 2.05) is 17.5 Å². The molecule has 42 heavy (non-hydrogen) atoms. The minimum absolute atomic E-state index is 0.119. The van der Waals surface area contributed by atoms with E-state index in [1.54, 1.807) is 28.4 Å². The van der Waals surface area contributed by atoms with E-state index in [-0.39, 0.29) is 31.2 Å². The van der Waals surface area contributed by atoms with Crippen molar-refractivity contribution in [3.05, 3.63) is 47.4 Å². The zero-order valence-corrected chi connectivity index (χ0v) is 24.3. The van der Waals surface area contributed by atoms with Gasteiger partial charge in [-0.3, -0.25) is 19.3 Å². The van der Waals surface area contributed by atoms with Gasteiger partial charge in [-0.2, -0.15) is 0 Å². The molecule has 1 N–H and O–H groups in total. The molecule has 9 nitrogen and oxygen atoms in total. The summed E-state index contributed by atoms with van der Waals surface area (Å²) in [6.45, 7) is 3.46. The van der Waals surface area contributed by atoms with Crippen molar-refractivity contribution in [2.75, 3.05) is 51.3 Å². The first-order valence-corrected chi connectivity index (χ1v) is 15.4. The smallest absolute Gasteiger partial charge is 0.253 e. The highest BCUT2D eigenvalue weighted by Crippen LogP contribution is 2.44. The molecular formula is C30H35F2N5O4S. The maximum atomic E-state index is 14.6. The van der Waals surface area contributed by atoms with Gasteiger partial charge in [0, 0.05) is 55.1 Å². The van der Waals surface area contributed by atoms with Gasteiger partial charge in [-0.25, -0.2) is 13.8 Å². The molecule has 6 rings (SSSR count). The molecule has 4 unspecified atom stereocenters. The SMILES string of the molecule is CN1CCN(c2nc(-c3ccc(C(=O)NC(C=O)(C4CCCC4)N4CC(/C(F)=C/F)C5OCC(=O)C54)cc3)cs2)CC1. The number of nitrogens with one attached hydrogen (secondary N) is 1. The standard InChI is InChI=1S/C30H35F2N5O4S/c1-35-10-12-36(13-11-35)29-33-24(17-42-29)19-6-8-20(9-7-19)28(40)34-30(18-38,21-4-2-3-5-21)37-15-22(23(32)14-31)27-26(37)25(39)16-41-27/h6-9,14,17-18,21-22,26-27H,2-5,10-13,15-16H2,1H3,(H,34,40)/b23-14-. The second-order valence-electron chi connectivity index (χ2n) is 11.7. The topological polar surface area (TPSA) is 95.1 Å². The summed E-state index contributed by atoms with van der Waals surface area (Å²) in [7, 11) is 2.11. The van der Waals surface area contributed by atoms with Crippen molar-refractivity contribution in [2.24, 2.45) is 11.8 Å². The van der Waals surface area contributed by atoms with Crippen LogP contribution in [0.1, 0.15) is 36.0 Å². The zero-order valence-electron chi connectivity index (χ0n) is 23.5. The fraction of sp³-hybridized carbons (Fsp3) is 0.533. The average Bonchev–Trinajstić information content (AvgIpc) is 3.83. The van der Waals surface area contributed by atoms with Crippen LogP contribution in [0.5, 0.6) is 0 Å². The minimum atomic E-state index is -1.56. The summed E-state index contributed by atoms with van der Waals surface area (Å²) in [5, 5.41) is 5.93. The van der Waals surface area contributed by atoms with Gasteiger partial charge < -0.3 is 19.9 Å². The monoisotopic (exact) mass is 599 g/mol. The van der Waals surface area contributed by atoms with Gasteiger partial charge in [0.05, 0.1) is 17.7 Å². The van der Waals surface area contributed by atoms with Crippen LogP contribution in [0.2, 0.25) is 0 Å². The van der Waals surface area contributed by atoms with Crippen molar-refractivity contribution >= 4 is 34.4 Å². The normalized spacial score (nSPS) is 27.3. The van der Waals surface area contributed by atoms with Gasteiger partial charge in [-0.05, 0) is 32.0 Å². The highest BCUT2D eigenvalue weighted by atomic mass is 32.1. The Balaban J connectivity index is 1.24. The highest BCUT2D eigenvalue weighted by Gasteiger charge is 2.60. The number of nitrogens with zero attached hydrogens (tertiary/aromatic N) is 4. The van der Waals surface area contributed by atoms with Crippen LogP contribution < -0.4 is 10.2 Å². The molecule has 3 aliphatic heterocycles. The van der Waals surface area contributed by atoms with Crippen LogP contribution in [0, 0.1) is 11.8 Å². The number of likely N-dealkylation sites (tertiary alicyclic amines) is 1. The van der Waals surface area contributed by atoms with Crippen molar-refractivity contribution < 1.29 is 27.9 Å². The van der Waals surface area contributed by atoms with E-state index in [1.165, 1.54) is 0 Å². The van der Waals surface area contributed by atoms with Gasteiger partial charge in [0.15, 0.2) is 22.9 Å². The van der Waals surface area contributed by atoms with Crippen molar-refractivity contribution in [2.45, 2.75) is 43.5 Å². The molecule has 2 aromatic rings. The van der Waals surface area contributed by atoms with E-state index < -0.39 is 35.5 Å². The third kappa shape index (κ3) is 5.18. The second kappa shape index (κ2) is 11.9. The molecule has 1 aromatic carbocycles. The first kappa shape index (κ1) is 29.0. The summed E-state index contributed by atoms with van der Waals surface area (Å²) in [6.07, 6.45) is 2.68. The summed E-state index contributed by atoms with van der Waals surface area (Å²) in [5.74, 6) is -3.15. The molecular weight excluding hydrogens is 564 g/mol. The predicted octanol–water partition coefficient (Wildman–Crippen LogP) is 3.43. The average molecular weight is 600 g/mol. The Morgan fingerprint density at radius 3 is 2.55 bits per heavy atom. The fourth-order valence-corrected chi connectivity index (χ4v) is 7.80. The lowest BCUT2D eigenvalue weighted by Gasteiger charge is -2.44. The van der Waals surface area contributed by atoms with Gasteiger partial charge in [-0.15, -0.1) is 11.3 Å². The van der Waals surface area contributed by atoms with Crippen molar-refractivity contribution in [1.29, 1.82) is 0 Å². The van der Waals surface area contributed by atoms with E-state index in [9.17, 15) is 23.2 Å². The van der Waals surface area contributed by atoms with Gasteiger partial charge in [-0.1, -0.05) is 25.0 Å². The van der Waals surface area contributed by atoms with Crippen LogP contribution in [-0.2, 0) is 14.3 Å². The molecule has 0 spiro atoms. The number of anilines is 1. The van der Waals surface area contributed by atoms with Crippen molar-refractivity contribution in [3.63, 3.8) is 0 Å². The Kier molecular flexibility index (Phi) is 8.23. The number of piperazine rings is 1. The Morgan fingerprint density at radius 1 is 1.17 bits per heavy atom. The molecule has 1 aromatic heterocycles. The van der Waals surface area contributed by atoms with Gasteiger partial charge in [0.25, 0.3) is 5.91 Å². The first-order valence-electron chi connectivity index (χ1n) is 14.5. The number of Topliss-reactive ketones (excluding diaryl/α,β-unsaturated/α-hetero) is 1. The molecule has 1 amide bonds. The predicted molar refractivity (Wildman–Crippen MR) is 155 cm³/mol. The number of thiazole rings is 1. The summed E-state index contributed by atoms with van der Waals surface area (Å²) >= 11 is 1.59. The number of benzene rings is 1. The van der Waals surface area contributed by atoms with E-state index in [0.29, 0.717) is 24.7 Å². The van der Waals surface area contributed by atoms with Crippen LogP contribution in [0.25, 0.3) is 11.3 Å². The van der Waals surface area contributed by atoms with Crippen molar-refractivity contribution in [1.82, 2.24) is 20.1 Å². The van der Waals surface area contributed by atoms with E-state index in [4.69, 9.17) is 9.72 Å². The summed E-state index contributed by atoms with van der Waals surface area (Å²) in [4.78, 5) is 50.5. The first-order chi connectivity index (χ1) is 20.3. The summed E-state index contributed by atoms with van der Waals surface area (Å²) in [6, 6.07) is 6.08. The van der Waals surface area contributed by atoms with Gasteiger partial charge >= 0.3 is 0 Å². The molecule has 0 bridgehead atoms. The number of ketones is 1. The number of rotatable bonds is 8. The van der Waals surface area contributed by atoms with Crippen LogP contribution in [-0.4, -0.2) is 96.9 Å². The second-order valence-corrected chi connectivity index (χ2v) is 12.5. The number of hydrogen-bond acceptors (Lipinski definition) is 9. The third-order valence-electron chi connectivity index (χ3n) is 9.30. The summed E-state index contributed by atoms with van der Waals surface area (Å²) in [5.41, 5.74) is 0.475. The number of ether oxygens (including phenoxy) is 1. The number of hydrogen-bond donors (Lipinski definition) is 1. The molecule has 1 aliphatic carbocycles. The van der Waals surface area contributed by atoms with Gasteiger partial charge in [0.1, 0.15) is 24.8 Å². The van der Waals surface area contributed by atoms with E-state index >= 15 is 0 Å². The number of amides is 1.